The monoisotopic (exact) mass is 321 g/mol. The molecule has 0 atom stereocenters. The van der Waals surface area contributed by atoms with Crippen LogP contribution in [0.3, 0.4) is 0 Å². The fourth-order valence-electron chi connectivity index (χ4n) is 1.65. The quantitative estimate of drug-likeness (QED) is 0.389. The molecule has 0 heterocycles. The molecule has 0 aromatic heterocycles. The van der Waals surface area contributed by atoms with Crippen LogP contribution in [0.2, 0.25) is 0 Å². The number of benzene rings is 1. The molecular formula is C15H19N3O5. The van der Waals surface area contributed by atoms with Crippen molar-refractivity contribution in [2.24, 2.45) is 0 Å². The van der Waals surface area contributed by atoms with Gasteiger partial charge in [0.25, 0.3) is 0 Å². The normalized spacial score (nSPS) is 9.65. The molecule has 3 amide bonds. The van der Waals surface area contributed by atoms with Gasteiger partial charge in [0.05, 0.1) is 17.9 Å². The van der Waals surface area contributed by atoms with Crippen LogP contribution in [0.15, 0.2) is 24.3 Å². The van der Waals surface area contributed by atoms with Crippen LogP contribution in [-0.4, -0.2) is 43.4 Å². The SMILES string of the molecule is CCOC(=O)c1ccccc1NC(=O)C(=O)NCCNC(C)=O. The number of carbonyl (C=O) groups is 4. The summed E-state index contributed by atoms with van der Waals surface area (Å²) in [4.78, 5) is 45.9. The second-order valence-corrected chi connectivity index (χ2v) is 4.46. The van der Waals surface area contributed by atoms with Gasteiger partial charge in [0.2, 0.25) is 5.91 Å². The highest BCUT2D eigenvalue weighted by Gasteiger charge is 2.18. The third-order valence-corrected chi connectivity index (χ3v) is 2.66. The van der Waals surface area contributed by atoms with Crippen LogP contribution in [0.1, 0.15) is 24.2 Å². The largest absolute Gasteiger partial charge is 0.462 e. The first-order valence-corrected chi connectivity index (χ1v) is 7.05. The van der Waals surface area contributed by atoms with Gasteiger partial charge in [-0.25, -0.2) is 4.79 Å². The molecular weight excluding hydrogens is 302 g/mol. The van der Waals surface area contributed by atoms with Gasteiger partial charge in [0.15, 0.2) is 0 Å². The molecule has 0 aliphatic carbocycles. The fraction of sp³-hybridized carbons (Fsp3) is 0.333. The second kappa shape index (κ2) is 9.19. The summed E-state index contributed by atoms with van der Waals surface area (Å²) < 4.78 is 4.88. The first kappa shape index (κ1) is 18.1. The first-order chi connectivity index (χ1) is 11.0. The van der Waals surface area contributed by atoms with Crippen molar-refractivity contribution in [3.8, 4) is 0 Å². The van der Waals surface area contributed by atoms with E-state index in [9.17, 15) is 19.2 Å². The van der Waals surface area contributed by atoms with E-state index in [-0.39, 0.29) is 36.9 Å². The molecule has 1 rings (SSSR count). The van der Waals surface area contributed by atoms with Crippen molar-refractivity contribution in [1.29, 1.82) is 0 Å². The van der Waals surface area contributed by atoms with Gasteiger partial charge >= 0.3 is 17.8 Å². The lowest BCUT2D eigenvalue weighted by atomic mass is 10.2. The Balaban J connectivity index is 2.61. The number of hydrogen-bond acceptors (Lipinski definition) is 5. The molecule has 0 aliphatic rings. The molecule has 1 aromatic rings. The zero-order chi connectivity index (χ0) is 17.2. The number of nitrogens with one attached hydrogen (secondary N) is 3. The maximum atomic E-state index is 11.8. The maximum Gasteiger partial charge on any atom is 0.340 e. The Morgan fingerprint density at radius 2 is 1.65 bits per heavy atom. The van der Waals surface area contributed by atoms with E-state index >= 15 is 0 Å². The van der Waals surface area contributed by atoms with Crippen LogP contribution >= 0.6 is 0 Å². The van der Waals surface area contributed by atoms with E-state index in [0.29, 0.717) is 0 Å². The zero-order valence-electron chi connectivity index (χ0n) is 13.0. The van der Waals surface area contributed by atoms with Gasteiger partial charge in [-0.05, 0) is 19.1 Å². The standard InChI is InChI=1S/C15H19N3O5/c1-3-23-15(22)11-6-4-5-7-12(11)18-14(21)13(20)17-9-8-16-10(2)19/h4-7H,3,8-9H2,1-2H3,(H,16,19)(H,17,20)(H,18,21). The van der Waals surface area contributed by atoms with Crippen molar-refractivity contribution < 1.29 is 23.9 Å². The summed E-state index contributed by atoms with van der Waals surface area (Å²) in [6.45, 7) is 3.55. The lowest BCUT2D eigenvalue weighted by Gasteiger charge is -2.10. The van der Waals surface area contributed by atoms with Crippen LogP contribution in [-0.2, 0) is 19.1 Å². The summed E-state index contributed by atoms with van der Waals surface area (Å²) in [6, 6.07) is 6.22. The number of ether oxygens (including phenoxy) is 1. The highest BCUT2D eigenvalue weighted by atomic mass is 16.5. The van der Waals surface area contributed by atoms with E-state index in [2.05, 4.69) is 16.0 Å². The van der Waals surface area contributed by atoms with Gasteiger partial charge in [-0.2, -0.15) is 0 Å². The van der Waals surface area contributed by atoms with E-state index in [0.717, 1.165) is 0 Å². The summed E-state index contributed by atoms with van der Waals surface area (Å²) in [5.41, 5.74) is 0.349. The molecule has 23 heavy (non-hydrogen) atoms. The van der Waals surface area contributed by atoms with Crippen LogP contribution in [0.4, 0.5) is 5.69 Å². The van der Waals surface area contributed by atoms with Crippen molar-refractivity contribution in [2.45, 2.75) is 13.8 Å². The summed E-state index contributed by atoms with van der Waals surface area (Å²) >= 11 is 0. The summed E-state index contributed by atoms with van der Waals surface area (Å²) in [5.74, 6) is -2.60. The second-order valence-electron chi connectivity index (χ2n) is 4.46. The van der Waals surface area contributed by atoms with Crippen molar-refractivity contribution in [2.75, 3.05) is 25.0 Å². The number of esters is 1. The van der Waals surface area contributed by atoms with E-state index in [4.69, 9.17) is 4.74 Å². The van der Waals surface area contributed by atoms with Crippen molar-refractivity contribution >= 4 is 29.4 Å². The Kier molecular flexibility index (Phi) is 7.25. The third-order valence-electron chi connectivity index (χ3n) is 2.66. The third kappa shape index (κ3) is 6.16. The molecule has 0 saturated heterocycles. The lowest BCUT2D eigenvalue weighted by molar-refractivity contribution is -0.136. The van der Waals surface area contributed by atoms with Crippen molar-refractivity contribution in [3.05, 3.63) is 29.8 Å². The van der Waals surface area contributed by atoms with Crippen LogP contribution < -0.4 is 16.0 Å². The van der Waals surface area contributed by atoms with Crippen LogP contribution in [0.5, 0.6) is 0 Å². The number of hydrogen-bond donors (Lipinski definition) is 3. The average Bonchev–Trinajstić information content (AvgIpc) is 2.51. The molecule has 0 bridgehead atoms. The molecule has 0 fully saturated rings. The molecule has 0 spiro atoms. The number of anilines is 1. The van der Waals surface area contributed by atoms with Gasteiger partial charge in [-0.1, -0.05) is 12.1 Å². The number of rotatable bonds is 6. The van der Waals surface area contributed by atoms with Gasteiger partial charge in [0.1, 0.15) is 0 Å². The molecule has 0 unspecified atom stereocenters. The summed E-state index contributed by atoms with van der Waals surface area (Å²) in [7, 11) is 0. The Hall–Kier alpha value is -2.90. The molecule has 0 aliphatic heterocycles. The Morgan fingerprint density at radius 1 is 1.00 bits per heavy atom. The number of carbonyl (C=O) groups excluding carboxylic acids is 4. The molecule has 1 aromatic carbocycles. The molecule has 8 heteroatoms. The summed E-state index contributed by atoms with van der Waals surface area (Å²) in [6.07, 6.45) is 0. The predicted molar refractivity (Wildman–Crippen MR) is 82.7 cm³/mol. The van der Waals surface area contributed by atoms with Crippen molar-refractivity contribution in [3.63, 3.8) is 0 Å². The Bertz CT molecular complexity index is 601. The van der Waals surface area contributed by atoms with Gasteiger partial charge in [-0.3, -0.25) is 14.4 Å². The molecule has 3 N–H and O–H groups in total. The molecule has 8 nitrogen and oxygen atoms in total. The minimum atomic E-state index is -0.912. The number of amides is 3. The number of para-hydroxylation sites is 1. The molecule has 124 valence electrons. The average molecular weight is 321 g/mol. The lowest BCUT2D eigenvalue weighted by Crippen LogP contribution is -2.39. The molecule has 0 radical (unpaired) electrons. The predicted octanol–water partition coefficient (Wildman–Crippen LogP) is 0.0541. The minimum Gasteiger partial charge on any atom is -0.462 e. The smallest absolute Gasteiger partial charge is 0.340 e. The van der Waals surface area contributed by atoms with E-state index in [1.807, 2.05) is 0 Å². The van der Waals surface area contributed by atoms with Crippen LogP contribution in [0.25, 0.3) is 0 Å². The Morgan fingerprint density at radius 3 is 2.30 bits per heavy atom. The Labute approximate surface area is 133 Å². The van der Waals surface area contributed by atoms with E-state index in [1.165, 1.54) is 19.1 Å². The molecule has 0 saturated carbocycles. The maximum absolute atomic E-state index is 11.8. The summed E-state index contributed by atoms with van der Waals surface area (Å²) in [5, 5.41) is 7.19. The van der Waals surface area contributed by atoms with Gasteiger partial charge < -0.3 is 20.7 Å². The minimum absolute atomic E-state index is 0.116. The van der Waals surface area contributed by atoms with Gasteiger partial charge in [-0.15, -0.1) is 0 Å². The van der Waals surface area contributed by atoms with Gasteiger partial charge in [0, 0.05) is 20.0 Å². The van der Waals surface area contributed by atoms with E-state index in [1.54, 1.807) is 19.1 Å². The van der Waals surface area contributed by atoms with Crippen LogP contribution in [0, 0.1) is 0 Å². The topological polar surface area (TPSA) is 114 Å². The van der Waals surface area contributed by atoms with Crippen molar-refractivity contribution in [1.82, 2.24) is 10.6 Å². The highest BCUT2D eigenvalue weighted by Crippen LogP contribution is 2.16. The zero-order valence-corrected chi connectivity index (χ0v) is 13.0. The van der Waals surface area contributed by atoms with E-state index < -0.39 is 17.8 Å². The fourth-order valence-corrected chi connectivity index (χ4v) is 1.65. The first-order valence-electron chi connectivity index (χ1n) is 7.05. The highest BCUT2D eigenvalue weighted by molar-refractivity contribution is 6.40.